The molecule has 1 aromatic heterocycles. The van der Waals surface area contributed by atoms with E-state index in [1.807, 2.05) is 6.07 Å². The Morgan fingerprint density at radius 2 is 1.47 bits per heavy atom. The average Bonchev–Trinajstić information content (AvgIpc) is 2.30. The van der Waals surface area contributed by atoms with Gasteiger partial charge in [0.05, 0.1) is 0 Å². The number of nitrogens with zero attached hydrogens (tertiary/aromatic N) is 1. The lowest BCUT2D eigenvalue weighted by molar-refractivity contribution is -0.595. The molecule has 0 radical (unpaired) electrons. The van der Waals surface area contributed by atoms with E-state index < -0.39 is 0 Å². The third-order valence-corrected chi connectivity index (χ3v) is 2.58. The van der Waals surface area contributed by atoms with Crippen molar-refractivity contribution in [1.82, 2.24) is 0 Å². The minimum Gasteiger partial charge on any atom is -0.167 e. The summed E-state index contributed by atoms with van der Waals surface area (Å²) in [6.07, 6.45) is 4.23. The van der Waals surface area contributed by atoms with Crippen LogP contribution in [0, 0.1) is 0 Å². The molecule has 0 aliphatic carbocycles. The summed E-state index contributed by atoms with van der Waals surface area (Å²) in [6, 6.07) is 14.7. The predicted molar refractivity (Wildman–Crippen MR) is 62.1 cm³/mol. The second kappa shape index (κ2) is 4.26. The molecular weight excluding hydrogens is 182 g/mol. The highest BCUT2D eigenvalue weighted by molar-refractivity contribution is 5.22. The SMILES string of the molecule is CC(C)c1cc[n+](-c2ccccc2)cc1. The van der Waals surface area contributed by atoms with Crippen molar-refractivity contribution in [2.24, 2.45) is 0 Å². The number of hydrogen-bond acceptors (Lipinski definition) is 0. The fourth-order valence-electron chi connectivity index (χ4n) is 1.60. The molecule has 0 N–H and O–H groups in total. The summed E-state index contributed by atoms with van der Waals surface area (Å²) in [5, 5.41) is 0. The second-order valence-corrected chi connectivity index (χ2v) is 4.03. The van der Waals surface area contributed by atoms with Crippen molar-refractivity contribution >= 4 is 0 Å². The molecule has 1 heterocycles. The summed E-state index contributed by atoms with van der Waals surface area (Å²) in [5.74, 6) is 0.593. The minimum atomic E-state index is 0.593. The molecule has 0 saturated heterocycles. The topological polar surface area (TPSA) is 3.88 Å². The molecule has 1 aromatic carbocycles. The highest BCUT2D eigenvalue weighted by atomic mass is 14.9. The van der Waals surface area contributed by atoms with Gasteiger partial charge in [0.25, 0.3) is 0 Å². The Morgan fingerprint density at radius 3 is 2.00 bits per heavy atom. The Bertz CT molecular complexity index is 415. The van der Waals surface area contributed by atoms with Crippen molar-refractivity contribution < 1.29 is 4.57 Å². The maximum atomic E-state index is 2.21. The Balaban J connectivity index is 2.32. The van der Waals surface area contributed by atoms with Crippen LogP contribution in [0.25, 0.3) is 5.69 Å². The zero-order valence-electron chi connectivity index (χ0n) is 9.22. The molecule has 1 heteroatoms. The molecule has 0 saturated carbocycles. The van der Waals surface area contributed by atoms with E-state index in [-0.39, 0.29) is 0 Å². The molecule has 0 atom stereocenters. The summed E-state index contributed by atoms with van der Waals surface area (Å²) in [6.45, 7) is 4.42. The van der Waals surface area contributed by atoms with Crippen LogP contribution in [0.2, 0.25) is 0 Å². The number of aromatic nitrogens is 1. The average molecular weight is 198 g/mol. The number of para-hydroxylation sites is 1. The lowest BCUT2D eigenvalue weighted by Gasteiger charge is -2.02. The first-order chi connectivity index (χ1) is 7.27. The first kappa shape index (κ1) is 9.91. The van der Waals surface area contributed by atoms with Crippen LogP contribution in [0.15, 0.2) is 54.9 Å². The smallest absolute Gasteiger partial charge is 0.167 e. The van der Waals surface area contributed by atoms with Crippen molar-refractivity contribution in [3.63, 3.8) is 0 Å². The van der Waals surface area contributed by atoms with E-state index >= 15 is 0 Å². The molecule has 2 rings (SSSR count). The number of pyridine rings is 1. The quantitative estimate of drug-likeness (QED) is 0.653. The van der Waals surface area contributed by atoms with Gasteiger partial charge in [-0.2, -0.15) is 4.57 Å². The van der Waals surface area contributed by atoms with E-state index in [2.05, 4.69) is 67.2 Å². The van der Waals surface area contributed by atoms with Crippen molar-refractivity contribution in [1.29, 1.82) is 0 Å². The zero-order chi connectivity index (χ0) is 10.7. The monoisotopic (exact) mass is 198 g/mol. The van der Waals surface area contributed by atoms with Crippen LogP contribution >= 0.6 is 0 Å². The fraction of sp³-hybridized carbons (Fsp3) is 0.214. The van der Waals surface area contributed by atoms with E-state index in [0.29, 0.717) is 5.92 Å². The van der Waals surface area contributed by atoms with Gasteiger partial charge in [-0.25, -0.2) is 0 Å². The summed E-state index contributed by atoms with van der Waals surface area (Å²) >= 11 is 0. The first-order valence-electron chi connectivity index (χ1n) is 5.34. The number of benzene rings is 1. The van der Waals surface area contributed by atoms with Crippen molar-refractivity contribution in [2.45, 2.75) is 19.8 Å². The van der Waals surface area contributed by atoms with E-state index in [1.165, 1.54) is 11.3 Å². The minimum absolute atomic E-state index is 0.593. The lowest BCUT2D eigenvalue weighted by atomic mass is 10.1. The Hall–Kier alpha value is -1.63. The van der Waals surface area contributed by atoms with Crippen LogP contribution in [0.5, 0.6) is 0 Å². The molecule has 0 bridgehead atoms. The molecule has 2 aromatic rings. The normalized spacial score (nSPS) is 10.6. The van der Waals surface area contributed by atoms with Gasteiger partial charge in [0, 0.05) is 24.3 Å². The van der Waals surface area contributed by atoms with Crippen LogP contribution in [-0.2, 0) is 0 Å². The van der Waals surface area contributed by atoms with E-state index in [9.17, 15) is 0 Å². The van der Waals surface area contributed by atoms with Crippen LogP contribution in [0.1, 0.15) is 25.3 Å². The Labute approximate surface area is 91.0 Å². The molecule has 0 aliphatic heterocycles. The Morgan fingerprint density at radius 1 is 0.867 bits per heavy atom. The molecule has 0 unspecified atom stereocenters. The van der Waals surface area contributed by atoms with Gasteiger partial charge in [-0.1, -0.05) is 32.0 Å². The van der Waals surface area contributed by atoms with Gasteiger partial charge >= 0.3 is 0 Å². The molecular formula is C14H16N+. The largest absolute Gasteiger partial charge is 0.210 e. The van der Waals surface area contributed by atoms with Crippen LogP contribution in [0.4, 0.5) is 0 Å². The van der Waals surface area contributed by atoms with Gasteiger partial charge in [-0.05, 0) is 11.5 Å². The molecule has 15 heavy (non-hydrogen) atoms. The number of hydrogen-bond donors (Lipinski definition) is 0. The van der Waals surface area contributed by atoms with Gasteiger partial charge in [0.1, 0.15) is 0 Å². The van der Waals surface area contributed by atoms with Gasteiger partial charge in [-0.15, -0.1) is 0 Å². The standard InChI is InChI=1S/C14H16N/c1-12(2)13-8-10-15(11-9-13)14-6-4-3-5-7-14/h3-12H,1-2H3/q+1. The fourth-order valence-corrected chi connectivity index (χ4v) is 1.60. The molecule has 0 fully saturated rings. The summed E-state index contributed by atoms with van der Waals surface area (Å²) in [7, 11) is 0. The first-order valence-corrected chi connectivity index (χ1v) is 5.34. The highest BCUT2D eigenvalue weighted by Crippen LogP contribution is 2.11. The summed E-state index contributed by atoms with van der Waals surface area (Å²) < 4.78 is 2.13. The Kier molecular flexibility index (Phi) is 2.82. The van der Waals surface area contributed by atoms with Gasteiger partial charge < -0.3 is 0 Å². The summed E-state index contributed by atoms with van der Waals surface area (Å²) in [5.41, 5.74) is 2.58. The zero-order valence-corrected chi connectivity index (χ0v) is 9.22. The molecule has 0 amide bonds. The van der Waals surface area contributed by atoms with Crippen LogP contribution in [0.3, 0.4) is 0 Å². The summed E-state index contributed by atoms with van der Waals surface area (Å²) in [4.78, 5) is 0. The lowest BCUT2D eigenvalue weighted by Crippen LogP contribution is -2.29. The van der Waals surface area contributed by atoms with Crippen LogP contribution in [-0.4, -0.2) is 0 Å². The van der Waals surface area contributed by atoms with Gasteiger partial charge in [0.2, 0.25) is 5.69 Å². The third-order valence-electron chi connectivity index (χ3n) is 2.58. The molecule has 0 aliphatic rings. The van der Waals surface area contributed by atoms with E-state index in [0.717, 1.165) is 0 Å². The van der Waals surface area contributed by atoms with Gasteiger partial charge in [-0.3, -0.25) is 0 Å². The molecule has 1 nitrogen and oxygen atoms in total. The highest BCUT2D eigenvalue weighted by Gasteiger charge is 2.05. The predicted octanol–water partition coefficient (Wildman–Crippen LogP) is 3.09. The maximum absolute atomic E-state index is 2.21. The van der Waals surface area contributed by atoms with Crippen LogP contribution < -0.4 is 4.57 Å². The van der Waals surface area contributed by atoms with Crippen molar-refractivity contribution in [3.05, 3.63) is 60.4 Å². The second-order valence-electron chi connectivity index (χ2n) is 4.03. The number of rotatable bonds is 2. The maximum Gasteiger partial charge on any atom is 0.210 e. The van der Waals surface area contributed by atoms with Crippen molar-refractivity contribution in [3.8, 4) is 5.69 Å². The van der Waals surface area contributed by atoms with E-state index in [1.54, 1.807) is 0 Å². The van der Waals surface area contributed by atoms with Gasteiger partial charge in [0.15, 0.2) is 12.4 Å². The molecule has 76 valence electrons. The van der Waals surface area contributed by atoms with E-state index in [4.69, 9.17) is 0 Å². The molecule has 0 spiro atoms. The third kappa shape index (κ3) is 2.24. The van der Waals surface area contributed by atoms with Crippen molar-refractivity contribution in [2.75, 3.05) is 0 Å².